The molecule has 0 aliphatic rings. The highest BCUT2D eigenvalue weighted by atomic mass is 79.9. The number of hydrogen-bond acceptors (Lipinski definition) is 2. The lowest BCUT2D eigenvalue weighted by Crippen LogP contribution is -2.30. The molecule has 0 amide bonds. The molecule has 1 aromatic carbocycles. The average molecular weight is 256 g/mol. The van der Waals surface area contributed by atoms with E-state index in [9.17, 15) is 4.79 Å². The van der Waals surface area contributed by atoms with Gasteiger partial charge in [0.25, 0.3) is 0 Å². The van der Waals surface area contributed by atoms with E-state index in [4.69, 9.17) is 5.73 Å². The number of nitrogens with two attached hydrogens (primary N) is 1. The summed E-state index contributed by atoms with van der Waals surface area (Å²) in [6.07, 6.45) is 0.605. The molecule has 0 aliphatic carbocycles. The molecule has 0 aliphatic heterocycles. The lowest BCUT2D eigenvalue weighted by molar-refractivity contribution is -0.118. The van der Waals surface area contributed by atoms with Crippen molar-refractivity contribution in [1.29, 1.82) is 0 Å². The van der Waals surface area contributed by atoms with Crippen molar-refractivity contribution in [1.82, 2.24) is 0 Å². The van der Waals surface area contributed by atoms with Crippen LogP contribution in [0.15, 0.2) is 22.7 Å². The molecule has 1 unspecified atom stereocenters. The fourth-order valence-electron chi connectivity index (χ4n) is 1.16. The predicted molar refractivity (Wildman–Crippen MR) is 61.2 cm³/mol. The number of carbonyl (C=O) groups excluding carboxylic acids is 1. The van der Waals surface area contributed by atoms with Gasteiger partial charge in [-0.2, -0.15) is 0 Å². The predicted octanol–water partition coefficient (Wildman–Crippen LogP) is 2.22. The number of halogens is 1. The quantitative estimate of drug-likeness (QED) is 0.901. The summed E-state index contributed by atoms with van der Waals surface area (Å²) in [5.74, 6) is 0.0293. The number of aryl methyl sites for hydroxylation is 1. The van der Waals surface area contributed by atoms with Gasteiger partial charge in [-0.1, -0.05) is 28.1 Å². The number of benzene rings is 1. The van der Waals surface area contributed by atoms with Gasteiger partial charge in [0.2, 0.25) is 0 Å². The summed E-state index contributed by atoms with van der Waals surface area (Å²) in [5.41, 5.74) is 7.95. The van der Waals surface area contributed by atoms with Gasteiger partial charge in [-0.05, 0) is 37.5 Å². The van der Waals surface area contributed by atoms with Crippen LogP contribution in [0.2, 0.25) is 0 Å². The van der Waals surface area contributed by atoms with E-state index in [0.29, 0.717) is 6.42 Å². The molecule has 2 nitrogen and oxygen atoms in total. The van der Waals surface area contributed by atoms with Gasteiger partial charge in [0.05, 0.1) is 6.04 Å². The van der Waals surface area contributed by atoms with Crippen LogP contribution in [-0.2, 0) is 11.2 Å². The first-order valence-corrected chi connectivity index (χ1v) is 5.31. The van der Waals surface area contributed by atoms with E-state index in [1.807, 2.05) is 25.1 Å². The van der Waals surface area contributed by atoms with E-state index in [1.54, 1.807) is 0 Å². The number of rotatable bonds is 3. The zero-order valence-electron chi connectivity index (χ0n) is 8.38. The third kappa shape index (κ3) is 2.93. The summed E-state index contributed by atoms with van der Waals surface area (Å²) < 4.78 is 1.06. The standard InChI is InChI=1S/C11H14BrNO/c1-7-3-4-9(5-10(7)12)6-11(13)8(2)14/h3-5,11H,6,13H2,1-2H3. The van der Waals surface area contributed by atoms with Crippen molar-refractivity contribution >= 4 is 21.7 Å². The maximum absolute atomic E-state index is 11.0. The van der Waals surface area contributed by atoms with Crippen molar-refractivity contribution in [2.24, 2.45) is 5.73 Å². The molecule has 76 valence electrons. The molecule has 0 radical (unpaired) electrons. The Morgan fingerprint density at radius 2 is 2.21 bits per heavy atom. The molecule has 0 aromatic heterocycles. The zero-order valence-corrected chi connectivity index (χ0v) is 9.97. The molecule has 1 rings (SSSR count). The molecule has 0 saturated heterocycles. The molecule has 3 heteroatoms. The summed E-state index contributed by atoms with van der Waals surface area (Å²) in [5, 5.41) is 0. The van der Waals surface area contributed by atoms with Gasteiger partial charge >= 0.3 is 0 Å². The Bertz CT molecular complexity index is 349. The second kappa shape index (κ2) is 4.71. The third-order valence-electron chi connectivity index (χ3n) is 2.21. The van der Waals surface area contributed by atoms with E-state index in [0.717, 1.165) is 10.0 Å². The SMILES string of the molecule is CC(=O)C(N)Cc1ccc(C)c(Br)c1. The van der Waals surface area contributed by atoms with Crippen LogP contribution in [0.4, 0.5) is 0 Å². The number of Topliss-reactive ketones (excluding diaryl/α,β-unsaturated/α-hetero) is 1. The van der Waals surface area contributed by atoms with Gasteiger partial charge in [0.1, 0.15) is 5.78 Å². The van der Waals surface area contributed by atoms with Gasteiger partial charge in [0, 0.05) is 4.47 Å². The highest BCUT2D eigenvalue weighted by molar-refractivity contribution is 9.10. The summed E-state index contributed by atoms with van der Waals surface area (Å²) in [6, 6.07) is 5.65. The van der Waals surface area contributed by atoms with Crippen molar-refractivity contribution < 1.29 is 4.79 Å². The lowest BCUT2D eigenvalue weighted by atomic mass is 10.0. The van der Waals surface area contributed by atoms with E-state index in [2.05, 4.69) is 15.9 Å². The van der Waals surface area contributed by atoms with Gasteiger partial charge < -0.3 is 5.73 Å². The Hall–Kier alpha value is -0.670. The molecule has 1 atom stereocenters. The summed E-state index contributed by atoms with van der Waals surface area (Å²) >= 11 is 3.45. The monoisotopic (exact) mass is 255 g/mol. The molecule has 0 spiro atoms. The minimum absolute atomic E-state index is 0.0293. The number of carbonyl (C=O) groups is 1. The topological polar surface area (TPSA) is 43.1 Å². The van der Waals surface area contributed by atoms with Crippen LogP contribution in [0, 0.1) is 6.92 Å². The minimum atomic E-state index is -0.385. The Kier molecular flexibility index (Phi) is 3.84. The Labute approximate surface area is 92.6 Å². The molecular formula is C11H14BrNO. The normalized spacial score (nSPS) is 12.6. The second-order valence-corrected chi connectivity index (χ2v) is 4.36. The fourth-order valence-corrected chi connectivity index (χ4v) is 1.59. The van der Waals surface area contributed by atoms with E-state index < -0.39 is 0 Å². The maximum atomic E-state index is 11.0. The summed E-state index contributed by atoms with van der Waals surface area (Å²) in [6.45, 7) is 3.55. The van der Waals surface area contributed by atoms with Crippen molar-refractivity contribution in [3.05, 3.63) is 33.8 Å². The summed E-state index contributed by atoms with van der Waals surface area (Å²) in [7, 11) is 0. The van der Waals surface area contributed by atoms with Crippen molar-refractivity contribution in [2.45, 2.75) is 26.3 Å². The first kappa shape index (κ1) is 11.4. The van der Waals surface area contributed by atoms with Crippen LogP contribution in [0.3, 0.4) is 0 Å². The maximum Gasteiger partial charge on any atom is 0.146 e. The molecule has 2 N–H and O–H groups in total. The van der Waals surface area contributed by atoms with Gasteiger partial charge in [-0.3, -0.25) is 4.79 Å². The Morgan fingerprint density at radius 1 is 1.57 bits per heavy atom. The first-order valence-electron chi connectivity index (χ1n) is 4.51. The van der Waals surface area contributed by atoms with E-state index in [-0.39, 0.29) is 11.8 Å². The molecule has 1 aromatic rings. The van der Waals surface area contributed by atoms with Gasteiger partial charge in [-0.15, -0.1) is 0 Å². The van der Waals surface area contributed by atoms with Crippen molar-refractivity contribution in [3.8, 4) is 0 Å². The molecule has 0 bridgehead atoms. The van der Waals surface area contributed by atoms with Crippen LogP contribution < -0.4 is 5.73 Å². The Morgan fingerprint density at radius 3 is 2.71 bits per heavy atom. The van der Waals surface area contributed by atoms with Crippen LogP contribution in [0.1, 0.15) is 18.1 Å². The highest BCUT2D eigenvalue weighted by Gasteiger charge is 2.09. The third-order valence-corrected chi connectivity index (χ3v) is 3.07. The molecule has 14 heavy (non-hydrogen) atoms. The first-order chi connectivity index (χ1) is 6.50. The van der Waals surface area contributed by atoms with Crippen LogP contribution >= 0.6 is 15.9 Å². The molecule has 0 saturated carbocycles. The fraction of sp³-hybridized carbons (Fsp3) is 0.364. The molecule has 0 fully saturated rings. The van der Waals surface area contributed by atoms with Gasteiger partial charge in [0.15, 0.2) is 0 Å². The largest absolute Gasteiger partial charge is 0.321 e. The van der Waals surface area contributed by atoms with Gasteiger partial charge in [-0.25, -0.2) is 0 Å². The smallest absolute Gasteiger partial charge is 0.146 e. The van der Waals surface area contributed by atoms with E-state index >= 15 is 0 Å². The Balaban J connectivity index is 2.78. The van der Waals surface area contributed by atoms with Crippen LogP contribution in [0.5, 0.6) is 0 Å². The molecular weight excluding hydrogens is 242 g/mol. The van der Waals surface area contributed by atoms with Crippen LogP contribution in [0.25, 0.3) is 0 Å². The van der Waals surface area contributed by atoms with Crippen molar-refractivity contribution in [3.63, 3.8) is 0 Å². The molecule has 0 heterocycles. The highest BCUT2D eigenvalue weighted by Crippen LogP contribution is 2.18. The van der Waals surface area contributed by atoms with E-state index in [1.165, 1.54) is 12.5 Å². The zero-order chi connectivity index (χ0) is 10.7. The summed E-state index contributed by atoms with van der Waals surface area (Å²) in [4.78, 5) is 11.0. The number of ketones is 1. The lowest BCUT2D eigenvalue weighted by Gasteiger charge is -2.08. The average Bonchev–Trinajstić information content (AvgIpc) is 2.11. The van der Waals surface area contributed by atoms with Crippen molar-refractivity contribution in [2.75, 3.05) is 0 Å². The second-order valence-electron chi connectivity index (χ2n) is 3.50. The van der Waals surface area contributed by atoms with Crippen LogP contribution in [-0.4, -0.2) is 11.8 Å². The minimum Gasteiger partial charge on any atom is -0.321 e. The number of hydrogen-bond donors (Lipinski definition) is 1.